The second-order valence-electron chi connectivity index (χ2n) is 7.79. The molecular formula is C17H34O. The number of hydrogen-bond acceptors (Lipinski definition) is 1. The first-order valence-corrected chi connectivity index (χ1v) is 8.01. The van der Waals surface area contributed by atoms with Gasteiger partial charge in [0.25, 0.3) is 0 Å². The highest BCUT2D eigenvalue weighted by atomic mass is 16.3. The van der Waals surface area contributed by atoms with E-state index in [0.717, 1.165) is 12.3 Å². The number of hydrogen-bond donors (Lipinski definition) is 1. The van der Waals surface area contributed by atoms with Crippen LogP contribution in [0.3, 0.4) is 0 Å². The van der Waals surface area contributed by atoms with Crippen molar-refractivity contribution in [3.05, 3.63) is 0 Å². The lowest BCUT2D eigenvalue weighted by Crippen LogP contribution is -2.32. The summed E-state index contributed by atoms with van der Waals surface area (Å²) in [4.78, 5) is 0. The van der Waals surface area contributed by atoms with Crippen LogP contribution in [0.1, 0.15) is 79.6 Å². The molecule has 0 radical (unpaired) electrons. The zero-order chi connectivity index (χ0) is 13.8. The van der Waals surface area contributed by atoms with E-state index in [2.05, 4.69) is 34.6 Å². The molecule has 1 saturated carbocycles. The molecule has 1 nitrogen and oxygen atoms in total. The van der Waals surface area contributed by atoms with Crippen molar-refractivity contribution in [2.75, 3.05) is 0 Å². The van der Waals surface area contributed by atoms with E-state index < -0.39 is 0 Å². The molecule has 0 spiro atoms. The Labute approximate surface area is 114 Å². The van der Waals surface area contributed by atoms with E-state index in [1.807, 2.05) is 0 Å². The fraction of sp³-hybridized carbons (Fsp3) is 1.00. The Morgan fingerprint density at radius 1 is 1.17 bits per heavy atom. The summed E-state index contributed by atoms with van der Waals surface area (Å²) < 4.78 is 0. The summed E-state index contributed by atoms with van der Waals surface area (Å²) in [7, 11) is 0. The smallest absolute Gasteiger partial charge is 0.0573 e. The van der Waals surface area contributed by atoms with Gasteiger partial charge < -0.3 is 5.11 Å². The van der Waals surface area contributed by atoms with Gasteiger partial charge >= 0.3 is 0 Å². The summed E-state index contributed by atoms with van der Waals surface area (Å²) in [6.45, 7) is 11.5. The molecule has 1 rings (SSSR count). The highest BCUT2D eigenvalue weighted by molar-refractivity contribution is 4.81. The van der Waals surface area contributed by atoms with E-state index in [-0.39, 0.29) is 6.10 Å². The first-order chi connectivity index (χ1) is 8.33. The van der Waals surface area contributed by atoms with Crippen molar-refractivity contribution in [1.29, 1.82) is 0 Å². The number of aliphatic hydroxyl groups is 1. The Balaban J connectivity index is 2.45. The Bertz CT molecular complexity index is 228. The zero-order valence-corrected chi connectivity index (χ0v) is 13.2. The van der Waals surface area contributed by atoms with Crippen LogP contribution in [0, 0.1) is 23.2 Å². The van der Waals surface area contributed by atoms with Gasteiger partial charge in [-0.2, -0.15) is 0 Å². The van der Waals surface area contributed by atoms with Crippen LogP contribution in [0.2, 0.25) is 0 Å². The maximum Gasteiger partial charge on any atom is 0.0573 e. The zero-order valence-electron chi connectivity index (χ0n) is 13.2. The van der Waals surface area contributed by atoms with Crippen molar-refractivity contribution < 1.29 is 5.11 Å². The van der Waals surface area contributed by atoms with Gasteiger partial charge in [0.05, 0.1) is 6.10 Å². The summed E-state index contributed by atoms with van der Waals surface area (Å²) in [5.41, 5.74) is 0.385. The average Bonchev–Trinajstić information content (AvgIpc) is 2.26. The molecule has 108 valence electrons. The second kappa shape index (κ2) is 6.93. The van der Waals surface area contributed by atoms with E-state index in [9.17, 15) is 5.11 Å². The molecular weight excluding hydrogens is 220 g/mol. The van der Waals surface area contributed by atoms with E-state index >= 15 is 0 Å². The van der Waals surface area contributed by atoms with Crippen LogP contribution in [-0.2, 0) is 0 Å². The van der Waals surface area contributed by atoms with Crippen molar-refractivity contribution in [3.63, 3.8) is 0 Å². The lowest BCUT2D eigenvalue weighted by Gasteiger charge is -2.36. The molecule has 0 amide bonds. The first kappa shape index (κ1) is 16.0. The highest BCUT2D eigenvalue weighted by Crippen LogP contribution is 2.37. The van der Waals surface area contributed by atoms with E-state index in [1.54, 1.807) is 0 Å². The lowest BCUT2D eigenvalue weighted by atomic mass is 9.72. The summed E-state index contributed by atoms with van der Waals surface area (Å²) in [6, 6.07) is 0. The maximum atomic E-state index is 10.5. The van der Waals surface area contributed by atoms with Gasteiger partial charge in [0.15, 0.2) is 0 Å². The van der Waals surface area contributed by atoms with Crippen LogP contribution in [0.15, 0.2) is 0 Å². The molecule has 0 aromatic carbocycles. The third-order valence-electron chi connectivity index (χ3n) is 4.59. The molecule has 0 aromatic rings. The van der Waals surface area contributed by atoms with Crippen molar-refractivity contribution in [1.82, 2.24) is 0 Å². The van der Waals surface area contributed by atoms with Crippen LogP contribution in [0.5, 0.6) is 0 Å². The predicted octanol–water partition coefficient (Wildman–Crippen LogP) is 5.03. The molecule has 4 atom stereocenters. The molecule has 0 aliphatic heterocycles. The molecule has 1 aliphatic carbocycles. The quantitative estimate of drug-likeness (QED) is 0.730. The Hall–Kier alpha value is -0.0400. The van der Waals surface area contributed by atoms with Crippen molar-refractivity contribution in [2.45, 2.75) is 85.7 Å². The van der Waals surface area contributed by atoms with Crippen molar-refractivity contribution in [3.8, 4) is 0 Å². The summed E-state index contributed by atoms with van der Waals surface area (Å²) in [5.74, 6) is 1.99. The largest absolute Gasteiger partial charge is 0.393 e. The van der Waals surface area contributed by atoms with Crippen LogP contribution < -0.4 is 0 Å². The van der Waals surface area contributed by atoms with E-state index in [1.165, 1.54) is 38.5 Å². The fourth-order valence-electron chi connectivity index (χ4n) is 3.97. The van der Waals surface area contributed by atoms with Crippen LogP contribution in [0.4, 0.5) is 0 Å². The Morgan fingerprint density at radius 2 is 1.78 bits per heavy atom. The predicted molar refractivity (Wildman–Crippen MR) is 79.6 cm³/mol. The lowest BCUT2D eigenvalue weighted by molar-refractivity contribution is 0.0261. The van der Waals surface area contributed by atoms with Gasteiger partial charge in [0.1, 0.15) is 0 Å². The van der Waals surface area contributed by atoms with Crippen molar-refractivity contribution in [2.24, 2.45) is 23.2 Å². The number of rotatable bonds is 5. The third kappa shape index (κ3) is 5.30. The van der Waals surface area contributed by atoms with Crippen molar-refractivity contribution >= 4 is 0 Å². The van der Waals surface area contributed by atoms with E-state index in [4.69, 9.17) is 0 Å². The highest BCUT2D eigenvalue weighted by Gasteiger charge is 2.30. The molecule has 1 aliphatic rings. The third-order valence-corrected chi connectivity index (χ3v) is 4.59. The second-order valence-corrected chi connectivity index (χ2v) is 7.79. The first-order valence-electron chi connectivity index (χ1n) is 8.01. The van der Waals surface area contributed by atoms with Gasteiger partial charge in [-0.05, 0) is 42.4 Å². The summed E-state index contributed by atoms with van der Waals surface area (Å²) in [5, 5.41) is 10.5. The maximum absolute atomic E-state index is 10.5. The van der Waals surface area contributed by atoms with Crippen LogP contribution >= 0.6 is 0 Å². The number of aliphatic hydroxyl groups excluding tert-OH is 1. The fourth-order valence-corrected chi connectivity index (χ4v) is 3.97. The van der Waals surface area contributed by atoms with E-state index in [0.29, 0.717) is 17.3 Å². The SMILES string of the molecule is CCC1CCCCC1C(O)CC(C)CC(C)(C)C. The molecule has 1 N–H and O–H groups in total. The summed E-state index contributed by atoms with van der Waals surface area (Å²) >= 11 is 0. The topological polar surface area (TPSA) is 20.2 Å². The Kier molecular flexibility index (Phi) is 6.17. The molecule has 4 unspecified atom stereocenters. The molecule has 1 fully saturated rings. The van der Waals surface area contributed by atoms with Crippen LogP contribution in [-0.4, -0.2) is 11.2 Å². The standard InChI is InChI=1S/C17H34O/c1-6-14-9-7-8-10-15(14)16(18)11-13(2)12-17(3,4)5/h13-16,18H,6-12H2,1-5H3. The molecule has 0 heterocycles. The molecule has 18 heavy (non-hydrogen) atoms. The van der Waals surface area contributed by atoms with Gasteiger partial charge in [0, 0.05) is 0 Å². The molecule has 0 aromatic heterocycles. The minimum atomic E-state index is -0.0624. The molecule has 0 bridgehead atoms. The van der Waals surface area contributed by atoms with Gasteiger partial charge in [-0.1, -0.05) is 60.3 Å². The van der Waals surface area contributed by atoms with Gasteiger partial charge in [-0.3, -0.25) is 0 Å². The summed E-state index contributed by atoms with van der Waals surface area (Å²) in [6.07, 6.45) is 8.69. The van der Waals surface area contributed by atoms with Crippen LogP contribution in [0.25, 0.3) is 0 Å². The monoisotopic (exact) mass is 254 g/mol. The molecule has 1 heteroatoms. The minimum absolute atomic E-state index is 0.0624. The van der Waals surface area contributed by atoms with Gasteiger partial charge in [-0.15, -0.1) is 0 Å². The molecule has 0 saturated heterocycles. The minimum Gasteiger partial charge on any atom is -0.393 e. The normalized spacial score (nSPS) is 29.0. The average molecular weight is 254 g/mol. The Morgan fingerprint density at radius 3 is 2.33 bits per heavy atom. The van der Waals surface area contributed by atoms with Gasteiger partial charge in [0.2, 0.25) is 0 Å². The van der Waals surface area contributed by atoms with Gasteiger partial charge in [-0.25, -0.2) is 0 Å².